The van der Waals surface area contributed by atoms with Crippen molar-refractivity contribution in [2.45, 2.75) is 20.4 Å². The van der Waals surface area contributed by atoms with Crippen LogP contribution in [0.15, 0.2) is 36.7 Å². The van der Waals surface area contributed by atoms with Gasteiger partial charge < -0.3 is 10.3 Å². The first-order chi connectivity index (χ1) is 9.54. The van der Waals surface area contributed by atoms with Gasteiger partial charge >= 0.3 is 0 Å². The van der Waals surface area contributed by atoms with Crippen molar-refractivity contribution in [1.82, 2.24) is 9.55 Å². The predicted molar refractivity (Wildman–Crippen MR) is 84.2 cm³/mol. The Kier molecular flexibility index (Phi) is 3.14. The van der Waals surface area contributed by atoms with Gasteiger partial charge in [0.2, 0.25) is 0 Å². The normalized spacial score (nSPS) is 11.2. The molecule has 0 amide bonds. The molecule has 2 aromatic carbocycles. The Morgan fingerprint density at radius 3 is 2.70 bits per heavy atom. The number of benzene rings is 2. The number of nitrogen functional groups attached to an aromatic ring is 1. The van der Waals surface area contributed by atoms with Crippen molar-refractivity contribution in [3.05, 3.63) is 58.4 Å². The van der Waals surface area contributed by atoms with Gasteiger partial charge in [-0.1, -0.05) is 11.6 Å². The maximum atomic E-state index is 6.04. The number of rotatable bonds is 2. The van der Waals surface area contributed by atoms with E-state index in [1.165, 1.54) is 11.1 Å². The van der Waals surface area contributed by atoms with E-state index in [-0.39, 0.29) is 0 Å². The number of anilines is 1. The average Bonchev–Trinajstić information content (AvgIpc) is 2.77. The van der Waals surface area contributed by atoms with Gasteiger partial charge in [-0.15, -0.1) is 0 Å². The molecule has 0 spiro atoms. The van der Waals surface area contributed by atoms with E-state index in [2.05, 4.69) is 35.5 Å². The Hall–Kier alpha value is -2.00. The van der Waals surface area contributed by atoms with E-state index < -0.39 is 0 Å². The molecule has 0 atom stereocenters. The summed E-state index contributed by atoms with van der Waals surface area (Å²) in [5.41, 5.74) is 12.4. The van der Waals surface area contributed by atoms with Gasteiger partial charge in [0.05, 0.1) is 23.9 Å². The molecule has 0 saturated heterocycles. The third-order valence-electron chi connectivity index (χ3n) is 3.68. The summed E-state index contributed by atoms with van der Waals surface area (Å²) < 4.78 is 2.10. The van der Waals surface area contributed by atoms with Crippen LogP contribution in [0, 0.1) is 13.8 Å². The highest BCUT2D eigenvalue weighted by molar-refractivity contribution is 6.30. The number of aryl methyl sites for hydroxylation is 2. The van der Waals surface area contributed by atoms with E-state index in [4.69, 9.17) is 17.3 Å². The minimum atomic E-state index is 0.672. The number of aromatic nitrogens is 2. The topological polar surface area (TPSA) is 43.8 Å². The number of nitrogens with two attached hydrogens (primary N) is 1. The lowest BCUT2D eigenvalue weighted by Crippen LogP contribution is -2.02. The highest BCUT2D eigenvalue weighted by Gasteiger charge is 2.07. The highest BCUT2D eigenvalue weighted by Crippen LogP contribution is 2.23. The van der Waals surface area contributed by atoms with E-state index in [0.29, 0.717) is 11.6 Å². The monoisotopic (exact) mass is 285 g/mol. The maximum Gasteiger partial charge on any atom is 0.0961 e. The summed E-state index contributed by atoms with van der Waals surface area (Å²) in [6.07, 6.45) is 1.85. The van der Waals surface area contributed by atoms with Gasteiger partial charge in [0.25, 0.3) is 0 Å². The molecule has 3 rings (SSSR count). The molecule has 1 heterocycles. The minimum absolute atomic E-state index is 0.672. The van der Waals surface area contributed by atoms with E-state index >= 15 is 0 Å². The summed E-state index contributed by atoms with van der Waals surface area (Å²) in [7, 11) is 0. The van der Waals surface area contributed by atoms with E-state index in [9.17, 15) is 0 Å². The second-order valence-electron chi connectivity index (χ2n) is 5.14. The minimum Gasteiger partial charge on any atom is -0.398 e. The zero-order chi connectivity index (χ0) is 14.3. The van der Waals surface area contributed by atoms with Gasteiger partial charge in [-0.05, 0) is 60.9 Å². The molecule has 0 fully saturated rings. The van der Waals surface area contributed by atoms with Crippen molar-refractivity contribution in [2.24, 2.45) is 0 Å². The molecule has 0 aliphatic rings. The molecule has 20 heavy (non-hydrogen) atoms. The van der Waals surface area contributed by atoms with Crippen LogP contribution in [0.4, 0.5) is 5.69 Å². The summed E-state index contributed by atoms with van der Waals surface area (Å²) in [6, 6.07) is 9.83. The zero-order valence-electron chi connectivity index (χ0n) is 11.5. The Morgan fingerprint density at radius 2 is 1.90 bits per heavy atom. The largest absolute Gasteiger partial charge is 0.398 e. The molecule has 2 N–H and O–H groups in total. The van der Waals surface area contributed by atoms with Crippen molar-refractivity contribution in [3.63, 3.8) is 0 Å². The summed E-state index contributed by atoms with van der Waals surface area (Å²) in [4.78, 5) is 4.46. The van der Waals surface area contributed by atoms with E-state index in [1.807, 2.05) is 18.5 Å². The van der Waals surface area contributed by atoms with E-state index in [0.717, 1.165) is 22.3 Å². The van der Waals surface area contributed by atoms with Crippen LogP contribution in [-0.4, -0.2) is 9.55 Å². The zero-order valence-corrected chi connectivity index (χ0v) is 12.3. The summed E-state index contributed by atoms with van der Waals surface area (Å²) in [6.45, 7) is 4.88. The SMILES string of the molecule is Cc1cc2ncn(Cc3cc(Cl)ccc3N)c2cc1C. The number of nitrogens with zero attached hydrogens (tertiary/aromatic N) is 2. The van der Waals surface area contributed by atoms with Gasteiger partial charge in [-0.2, -0.15) is 0 Å². The standard InChI is InChI=1S/C16H16ClN3/c1-10-5-15-16(6-11(10)2)20(9-19-15)8-12-7-13(17)3-4-14(12)18/h3-7,9H,8,18H2,1-2H3. The molecule has 102 valence electrons. The van der Waals surface area contributed by atoms with Crippen molar-refractivity contribution in [2.75, 3.05) is 5.73 Å². The van der Waals surface area contributed by atoms with Crippen molar-refractivity contribution in [1.29, 1.82) is 0 Å². The molecule has 0 aliphatic carbocycles. The van der Waals surface area contributed by atoms with Crippen molar-refractivity contribution < 1.29 is 0 Å². The van der Waals surface area contributed by atoms with E-state index in [1.54, 1.807) is 6.07 Å². The predicted octanol–water partition coefficient (Wildman–Crippen LogP) is 3.94. The van der Waals surface area contributed by atoms with Gasteiger partial charge in [-0.3, -0.25) is 0 Å². The molecule has 3 aromatic rings. The van der Waals surface area contributed by atoms with Crippen LogP contribution in [0.5, 0.6) is 0 Å². The van der Waals surface area contributed by atoms with Crippen LogP contribution < -0.4 is 5.73 Å². The molecule has 0 saturated carbocycles. The molecule has 3 nitrogen and oxygen atoms in total. The summed E-state index contributed by atoms with van der Waals surface area (Å²) >= 11 is 6.04. The fourth-order valence-electron chi connectivity index (χ4n) is 2.33. The average molecular weight is 286 g/mol. The molecule has 4 heteroatoms. The highest BCUT2D eigenvalue weighted by atomic mass is 35.5. The fourth-order valence-corrected chi connectivity index (χ4v) is 2.53. The first kappa shape index (κ1) is 13.0. The van der Waals surface area contributed by atoms with Crippen molar-refractivity contribution >= 4 is 28.3 Å². The third-order valence-corrected chi connectivity index (χ3v) is 3.92. The number of hydrogen-bond acceptors (Lipinski definition) is 2. The van der Waals surface area contributed by atoms with Crippen LogP contribution in [0.2, 0.25) is 5.02 Å². The molecule has 0 bridgehead atoms. The maximum absolute atomic E-state index is 6.04. The molecular formula is C16H16ClN3. The van der Waals surface area contributed by atoms with Gasteiger partial charge in [0, 0.05) is 10.7 Å². The molecule has 0 unspecified atom stereocenters. The molecule has 0 aliphatic heterocycles. The van der Waals surface area contributed by atoms with Gasteiger partial charge in [0.15, 0.2) is 0 Å². The molecule has 0 radical (unpaired) electrons. The number of hydrogen-bond donors (Lipinski definition) is 1. The number of fused-ring (bicyclic) bond motifs is 1. The van der Waals surface area contributed by atoms with Crippen LogP contribution in [0.3, 0.4) is 0 Å². The van der Waals surface area contributed by atoms with Crippen LogP contribution in [0.25, 0.3) is 11.0 Å². The fraction of sp³-hybridized carbons (Fsp3) is 0.188. The van der Waals surface area contributed by atoms with Gasteiger partial charge in [0.1, 0.15) is 0 Å². The molecule has 1 aromatic heterocycles. The second-order valence-corrected chi connectivity index (χ2v) is 5.58. The first-order valence-electron chi connectivity index (χ1n) is 6.50. The van der Waals surface area contributed by atoms with Crippen LogP contribution in [-0.2, 0) is 6.54 Å². The molecular weight excluding hydrogens is 270 g/mol. The number of halogens is 1. The lowest BCUT2D eigenvalue weighted by molar-refractivity contribution is 0.826. The van der Waals surface area contributed by atoms with Crippen LogP contribution in [0.1, 0.15) is 16.7 Å². The lowest BCUT2D eigenvalue weighted by Gasteiger charge is -2.09. The third kappa shape index (κ3) is 2.25. The Labute approximate surface area is 123 Å². The quantitative estimate of drug-likeness (QED) is 0.725. The van der Waals surface area contributed by atoms with Crippen LogP contribution >= 0.6 is 11.6 Å². The van der Waals surface area contributed by atoms with Gasteiger partial charge in [-0.25, -0.2) is 4.98 Å². The Morgan fingerprint density at radius 1 is 1.15 bits per heavy atom. The smallest absolute Gasteiger partial charge is 0.0961 e. The Bertz CT molecular complexity index is 790. The Balaban J connectivity index is 2.07. The lowest BCUT2D eigenvalue weighted by atomic mass is 10.1. The summed E-state index contributed by atoms with van der Waals surface area (Å²) in [5, 5.41) is 0.700. The van der Waals surface area contributed by atoms with Crippen molar-refractivity contribution in [3.8, 4) is 0 Å². The first-order valence-corrected chi connectivity index (χ1v) is 6.88. The second kappa shape index (κ2) is 4.84. The number of imidazole rings is 1. The summed E-state index contributed by atoms with van der Waals surface area (Å²) in [5.74, 6) is 0.